The Labute approximate surface area is 140 Å². The van der Waals surface area contributed by atoms with Gasteiger partial charge < -0.3 is 10.2 Å². The average molecular weight is 320 g/mol. The van der Waals surface area contributed by atoms with E-state index in [0.717, 1.165) is 40.3 Å². The molecule has 2 aromatic heterocycles. The zero-order valence-electron chi connectivity index (χ0n) is 13.3. The molecule has 120 valence electrons. The maximum absolute atomic E-state index is 13.5. The quantitative estimate of drug-likeness (QED) is 0.792. The lowest BCUT2D eigenvalue weighted by Crippen LogP contribution is -2.22. The standard InChI is InChI=1S/C19H17FN4/c1-13-5-14(9-21-8-13)11-24-12-23-19-18(24)7-16(10-22-19)15-3-2-4-17(20)6-15/h2-10H,11-12H2,1H3,(H,22,23). The zero-order chi connectivity index (χ0) is 16.5. The summed E-state index contributed by atoms with van der Waals surface area (Å²) in [7, 11) is 0. The van der Waals surface area contributed by atoms with E-state index >= 15 is 0 Å². The van der Waals surface area contributed by atoms with E-state index in [1.54, 1.807) is 12.3 Å². The number of aryl methyl sites for hydroxylation is 1. The summed E-state index contributed by atoms with van der Waals surface area (Å²) in [5, 5.41) is 3.30. The molecule has 3 aromatic rings. The highest BCUT2D eigenvalue weighted by molar-refractivity contribution is 5.77. The molecule has 0 saturated carbocycles. The lowest BCUT2D eigenvalue weighted by molar-refractivity contribution is 0.628. The molecule has 1 aliphatic heterocycles. The minimum Gasteiger partial charge on any atom is -0.351 e. The number of hydrogen-bond acceptors (Lipinski definition) is 4. The Hall–Kier alpha value is -2.95. The number of nitrogens with zero attached hydrogens (tertiary/aromatic N) is 3. The van der Waals surface area contributed by atoms with Crippen molar-refractivity contribution in [2.45, 2.75) is 13.5 Å². The molecule has 0 spiro atoms. The topological polar surface area (TPSA) is 41.1 Å². The molecule has 4 rings (SSSR count). The van der Waals surface area contributed by atoms with E-state index in [1.165, 1.54) is 12.1 Å². The van der Waals surface area contributed by atoms with Crippen LogP contribution in [0.4, 0.5) is 15.9 Å². The van der Waals surface area contributed by atoms with Gasteiger partial charge in [0.05, 0.1) is 12.4 Å². The van der Waals surface area contributed by atoms with Gasteiger partial charge in [-0.1, -0.05) is 18.2 Å². The number of aromatic nitrogens is 2. The van der Waals surface area contributed by atoms with Crippen molar-refractivity contribution in [3.05, 3.63) is 71.9 Å². The summed E-state index contributed by atoms with van der Waals surface area (Å²) in [6.45, 7) is 3.49. The van der Waals surface area contributed by atoms with Gasteiger partial charge >= 0.3 is 0 Å². The van der Waals surface area contributed by atoms with Crippen LogP contribution >= 0.6 is 0 Å². The number of fused-ring (bicyclic) bond motifs is 1. The first-order valence-corrected chi connectivity index (χ1v) is 7.84. The molecular weight excluding hydrogens is 303 g/mol. The maximum Gasteiger partial charge on any atom is 0.151 e. The van der Waals surface area contributed by atoms with Crippen molar-refractivity contribution in [3.8, 4) is 11.1 Å². The summed E-state index contributed by atoms with van der Waals surface area (Å²) in [5.74, 6) is 0.615. The SMILES string of the molecule is Cc1cncc(CN2CNc3ncc(-c4cccc(F)c4)cc32)c1. The summed E-state index contributed by atoms with van der Waals surface area (Å²) in [4.78, 5) is 10.9. The molecular formula is C19H17FN4. The van der Waals surface area contributed by atoms with Crippen molar-refractivity contribution in [2.75, 3.05) is 16.9 Å². The molecule has 0 radical (unpaired) electrons. The van der Waals surface area contributed by atoms with E-state index in [2.05, 4.69) is 32.3 Å². The number of pyridine rings is 2. The second-order valence-corrected chi connectivity index (χ2v) is 6.01. The third-order valence-electron chi connectivity index (χ3n) is 4.11. The number of hydrogen-bond donors (Lipinski definition) is 1. The molecule has 0 bridgehead atoms. The first kappa shape index (κ1) is 14.6. The van der Waals surface area contributed by atoms with Crippen molar-refractivity contribution in [1.82, 2.24) is 9.97 Å². The maximum atomic E-state index is 13.5. The van der Waals surface area contributed by atoms with Gasteiger partial charge in [-0.05, 0) is 41.8 Å². The highest BCUT2D eigenvalue weighted by Gasteiger charge is 2.20. The van der Waals surface area contributed by atoms with Gasteiger partial charge in [0.1, 0.15) is 5.82 Å². The zero-order valence-corrected chi connectivity index (χ0v) is 13.3. The molecule has 5 heteroatoms. The number of anilines is 2. The van der Waals surface area contributed by atoms with Gasteiger partial charge in [-0.25, -0.2) is 9.37 Å². The second kappa shape index (κ2) is 5.92. The van der Waals surface area contributed by atoms with E-state index in [9.17, 15) is 4.39 Å². The predicted molar refractivity (Wildman–Crippen MR) is 93.3 cm³/mol. The summed E-state index contributed by atoms with van der Waals surface area (Å²) >= 11 is 0. The number of halogens is 1. The first-order chi connectivity index (χ1) is 11.7. The van der Waals surface area contributed by atoms with Gasteiger partial charge in [0.15, 0.2) is 5.82 Å². The molecule has 1 aromatic carbocycles. The van der Waals surface area contributed by atoms with Crippen molar-refractivity contribution in [3.63, 3.8) is 0 Å². The predicted octanol–water partition coefficient (Wildman–Crippen LogP) is 3.98. The molecule has 0 saturated heterocycles. The van der Waals surface area contributed by atoms with Crippen molar-refractivity contribution >= 4 is 11.5 Å². The van der Waals surface area contributed by atoms with Crippen molar-refractivity contribution in [2.24, 2.45) is 0 Å². The monoisotopic (exact) mass is 320 g/mol. The van der Waals surface area contributed by atoms with Crippen molar-refractivity contribution < 1.29 is 4.39 Å². The van der Waals surface area contributed by atoms with Gasteiger partial charge in [-0.3, -0.25) is 4.98 Å². The minimum absolute atomic E-state index is 0.242. The van der Waals surface area contributed by atoms with Crippen LogP contribution in [-0.4, -0.2) is 16.6 Å². The summed E-state index contributed by atoms with van der Waals surface area (Å²) in [6.07, 6.45) is 5.51. The van der Waals surface area contributed by atoms with Crippen LogP contribution in [0.2, 0.25) is 0 Å². The van der Waals surface area contributed by atoms with E-state index in [-0.39, 0.29) is 5.82 Å². The third kappa shape index (κ3) is 2.80. The summed E-state index contributed by atoms with van der Waals surface area (Å²) in [5.41, 5.74) is 5.06. The Kier molecular flexibility index (Phi) is 3.61. The fourth-order valence-corrected chi connectivity index (χ4v) is 2.98. The highest BCUT2D eigenvalue weighted by atomic mass is 19.1. The Morgan fingerprint density at radius 3 is 2.88 bits per heavy atom. The molecule has 0 fully saturated rings. The normalized spacial score (nSPS) is 12.8. The number of benzene rings is 1. The van der Waals surface area contributed by atoms with E-state index in [4.69, 9.17) is 0 Å². The minimum atomic E-state index is -0.242. The van der Waals surface area contributed by atoms with Crippen LogP contribution < -0.4 is 10.2 Å². The molecule has 1 N–H and O–H groups in total. The van der Waals surface area contributed by atoms with Crippen molar-refractivity contribution in [1.29, 1.82) is 0 Å². The highest BCUT2D eigenvalue weighted by Crippen LogP contribution is 2.34. The molecule has 24 heavy (non-hydrogen) atoms. The molecule has 0 amide bonds. The van der Waals surface area contributed by atoms with Crippen LogP contribution in [0, 0.1) is 12.7 Å². The largest absolute Gasteiger partial charge is 0.351 e. The lowest BCUT2D eigenvalue weighted by Gasteiger charge is -2.18. The Bertz CT molecular complexity index is 894. The van der Waals surface area contributed by atoms with E-state index < -0.39 is 0 Å². The van der Waals surface area contributed by atoms with E-state index in [1.807, 2.05) is 25.4 Å². The molecule has 1 aliphatic rings. The van der Waals surface area contributed by atoms with Gasteiger partial charge in [-0.2, -0.15) is 0 Å². The van der Waals surface area contributed by atoms with Crippen LogP contribution in [0.1, 0.15) is 11.1 Å². The van der Waals surface area contributed by atoms with E-state index in [0.29, 0.717) is 6.67 Å². The first-order valence-electron chi connectivity index (χ1n) is 7.84. The van der Waals surface area contributed by atoms with Gasteiger partial charge in [0.2, 0.25) is 0 Å². The van der Waals surface area contributed by atoms with Gasteiger partial charge in [-0.15, -0.1) is 0 Å². The van der Waals surface area contributed by atoms with Crippen LogP contribution in [0.5, 0.6) is 0 Å². The fourth-order valence-electron chi connectivity index (χ4n) is 2.98. The molecule has 4 nitrogen and oxygen atoms in total. The molecule has 0 unspecified atom stereocenters. The third-order valence-corrected chi connectivity index (χ3v) is 4.11. The van der Waals surface area contributed by atoms with Gasteiger partial charge in [0, 0.05) is 30.7 Å². The van der Waals surface area contributed by atoms with Crippen LogP contribution in [0.25, 0.3) is 11.1 Å². The number of nitrogens with one attached hydrogen (secondary N) is 1. The summed E-state index contributed by atoms with van der Waals surface area (Å²) in [6, 6.07) is 10.8. The Morgan fingerprint density at radius 2 is 2.04 bits per heavy atom. The van der Waals surface area contributed by atoms with Crippen LogP contribution in [-0.2, 0) is 6.54 Å². The fraction of sp³-hybridized carbons (Fsp3) is 0.158. The number of rotatable bonds is 3. The molecule has 0 aliphatic carbocycles. The molecule has 3 heterocycles. The average Bonchev–Trinajstić information content (AvgIpc) is 2.97. The lowest BCUT2D eigenvalue weighted by atomic mass is 10.1. The van der Waals surface area contributed by atoms with Crippen LogP contribution in [0.15, 0.2) is 55.0 Å². The van der Waals surface area contributed by atoms with Crippen LogP contribution in [0.3, 0.4) is 0 Å². The Morgan fingerprint density at radius 1 is 1.12 bits per heavy atom. The molecule has 0 atom stereocenters. The van der Waals surface area contributed by atoms with Gasteiger partial charge in [0.25, 0.3) is 0 Å². The smallest absolute Gasteiger partial charge is 0.151 e. The second-order valence-electron chi connectivity index (χ2n) is 6.01. The Balaban J connectivity index is 1.66. The summed E-state index contributed by atoms with van der Waals surface area (Å²) < 4.78 is 13.5.